The van der Waals surface area contributed by atoms with Gasteiger partial charge in [-0.2, -0.15) is 0 Å². The monoisotopic (exact) mass is 373 g/mol. The molecular weight excluding hydrogens is 342 g/mol. The summed E-state index contributed by atoms with van der Waals surface area (Å²) >= 11 is 0. The Hall–Kier alpha value is -2.31. The van der Waals surface area contributed by atoms with E-state index in [0.717, 1.165) is 31.4 Å². The molecule has 1 fully saturated rings. The van der Waals surface area contributed by atoms with Crippen LogP contribution in [0.4, 0.5) is 5.95 Å². The van der Waals surface area contributed by atoms with Gasteiger partial charge >= 0.3 is 0 Å². The lowest BCUT2D eigenvalue weighted by atomic mass is 9.80. The molecular formula is C20H31N5O2. The molecule has 0 unspecified atom stereocenters. The summed E-state index contributed by atoms with van der Waals surface area (Å²) in [7, 11) is 0. The topological polar surface area (TPSA) is 76.2 Å². The molecule has 1 aliphatic rings. The van der Waals surface area contributed by atoms with Gasteiger partial charge in [-0.15, -0.1) is 10.2 Å². The molecule has 0 saturated carbocycles. The highest BCUT2D eigenvalue weighted by molar-refractivity contribution is 5.91. The van der Waals surface area contributed by atoms with Crippen molar-refractivity contribution in [3.8, 4) is 0 Å². The summed E-state index contributed by atoms with van der Waals surface area (Å²) in [6.07, 6.45) is 2.66. The summed E-state index contributed by atoms with van der Waals surface area (Å²) in [5, 5.41) is 11.7. The Bertz CT molecular complexity index is 758. The highest BCUT2D eigenvalue weighted by Gasteiger charge is 2.34. The fraction of sp³-hybridized carbons (Fsp3) is 0.650. The number of carbonyl (C=O) groups excluding carboxylic acids is 1. The molecule has 0 radical (unpaired) electrons. The Balaban J connectivity index is 1.74. The van der Waals surface area contributed by atoms with Gasteiger partial charge in [-0.3, -0.25) is 9.36 Å². The van der Waals surface area contributed by atoms with E-state index >= 15 is 0 Å². The van der Waals surface area contributed by atoms with Crippen molar-refractivity contribution in [2.45, 2.75) is 54.1 Å². The molecule has 0 spiro atoms. The number of amides is 1. The van der Waals surface area contributed by atoms with E-state index in [1.165, 1.54) is 12.7 Å². The van der Waals surface area contributed by atoms with Crippen molar-refractivity contribution < 1.29 is 9.21 Å². The summed E-state index contributed by atoms with van der Waals surface area (Å²) in [5.74, 6) is 2.85. The molecule has 1 amide bonds. The molecule has 1 N–H and O–H groups in total. The third-order valence-electron chi connectivity index (χ3n) is 5.20. The van der Waals surface area contributed by atoms with Crippen LogP contribution < -0.4 is 10.2 Å². The van der Waals surface area contributed by atoms with Gasteiger partial charge in [0.15, 0.2) is 11.6 Å². The standard InChI is InChI=1S/C20H31N5O2/c1-14(2)12-25-17(11-21-18(26)16-7-6-10-27-16)22-23-19(25)24-9-8-15(13-24)20(3,4)5/h6-7,10,14-15H,8-9,11-13H2,1-5H3,(H,21,26)/t15-/m0/s1. The first-order valence-corrected chi connectivity index (χ1v) is 9.74. The van der Waals surface area contributed by atoms with Crippen LogP contribution in [0.2, 0.25) is 0 Å². The van der Waals surface area contributed by atoms with Crippen molar-refractivity contribution in [2.24, 2.45) is 17.3 Å². The summed E-state index contributed by atoms with van der Waals surface area (Å²) < 4.78 is 7.30. The maximum atomic E-state index is 12.2. The number of nitrogens with zero attached hydrogens (tertiary/aromatic N) is 4. The predicted molar refractivity (Wildman–Crippen MR) is 105 cm³/mol. The lowest BCUT2D eigenvalue weighted by Gasteiger charge is -2.27. The van der Waals surface area contributed by atoms with Crippen molar-refractivity contribution in [3.05, 3.63) is 30.0 Å². The second-order valence-corrected chi connectivity index (χ2v) is 8.88. The molecule has 0 aliphatic carbocycles. The lowest BCUT2D eigenvalue weighted by molar-refractivity contribution is 0.0921. The van der Waals surface area contributed by atoms with Crippen LogP contribution in [0.1, 0.15) is 57.4 Å². The minimum Gasteiger partial charge on any atom is -0.459 e. The fourth-order valence-corrected chi connectivity index (χ4v) is 3.55. The van der Waals surface area contributed by atoms with Crippen LogP contribution in [-0.4, -0.2) is 33.8 Å². The molecule has 148 valence electrons. The highest BCUT2D eigenvalue weighted by Crippen LogP contribution is 2.35. The fourth-order valence-electron chi connectivity index (χ4n) is 3.55. The van der Waals surface area contributed by atoms with Gasteiger partial charge in [0.1, 0.15) is 0 Å². The average Bonchev–Trinajstić information content (AvgIpc) is 3.32. The quantitative estimate of drug-likeness (QED) is 0.840. The molecule has 7 nitrogen and oxygen atoms in total. The van der Waals surface area contributed by atoms with Crippen LogP contribution in [0.3, 0.4) is 0 Å². The second kappa shape index (κ2) is 7.74. The zero-order valence-corrected chi connectivity index (χ0v) is 17.0. The normalized spacial score (nSPS) is 17.7. The second-order valence-electron chi connectivity index (χ2n) is 8.88. The van der Waals surface area contributed by atoms with Crippen LogP contribution in [0.15, 0.2) is 22.8 Å². The maximum absolute atomic E-state index is 12.2. The van der Waals surface area contributed by atoms with Crippen molar-refractivity contribution >= 4 is 11.9 Å². The van der Waals surface area contributed by atoms with Gasteiger partial charge in [-0.1, -0.05) is 34.6 Å². The first-order valence-electron chi connectivity index (χ1n) is 9.74. The zero-order valence-electron chi connectivity index (χ0n) is 17.0. The van der Waals surface area contributed by atoms with Crippen molar-refractivity contribution in [2.75, 3.05) is 18.0 Å². The molecule has 3 heterocycles. The molecule has 2 aromatic heterocycles. The smallest absolute Gasteiger partial charge is 0.287 e. The number of aromatic nitrogens is 3. The predicted octanol–water partition coefficient (Wildman–Crippen LogP) is 3.33. The SMILES string of the molecule is CC(C)Cn1c(CNC(=O)c2ccco2)nnc1N1CC[C@H](C(C)(C)C)C1. The van der Waals surface area contributed by atoms with Gasteiger partial charge in [-0.25, -0.2) is 0 Å². The number of anilines is 1. The molecule has 1 atom stereocenters. The molecule has 3 rings (SSSR count). The van der Waals surface area contributed by atoms with E-state index in [4.69, 9.17) is 4.42 Å². The van der Waals surface area contributed by atoms with Gasteiger partial charge in [0.2, 0.25) is 5.95 Å². The van der Waals surface area contributed by atoms with E-state index in [-0.39, 0.29) is 11.3 Å². The van der Waals surface area contributed by atoms with Crippen molar-refractivity contribution in [1.82, 2.24) is 20.1 Å². The van der Waals surface area contributed by atoms with Gasteiger partial charge in [0.05, 0.1) is 12.8 Å². The van der Waals surface area contributed by atoms with Crippen LogP contribution in [0.5, 0.6) is 0 Å². The number of nitrogens with one attached hydrogen (secondary N) is 1. The Labute approximate surface area is 161 Å². The molecule has 0 aromatic carbocycles. The maximum Gasteiger partial charge on any atom is 0.287 e. The highest BCUT2D eigenvalue weighted by atomic mass is 16.3. The van der Waals surface area contributed by atoms with E-state index < -0.39 is 0 Å². The first-order chi connectivity index (χ1) is 12.8. The molecule has 1 saturated heterocycles. The number of hydrogen-bond donors (Lipinski definition) is 1. The molecule has 2 aromatic rings. The zero-order chi connectivity index (χ0) is 19.6. The van der Waals surface area contributed by atoms with Crippen LogP contribution in [-0.2, 0) is 13.1 Å². The Morgan fingerprint density at radius 2 is 2.15 bits per heavy atom. The Morgan fingerprint density at radius 1 is 1.37 bits per heavy atom. The number of furan rings is 1. The first kappa shape index (κ1) is 19.5. The molecule has 7 heteroatoms. The Morgan fingerprint density at radius 3 is 2.74 bits per heavy atom. The number of hydrogen-bond acceptors (Lipinski definition) is 5. The Kier molecular flexibility index (Phi) is 5.58. The van der Waals surface area contributed by atoms with Gasteiger partial charge in [-0.05, 0) is 35.8 Å². The van der Waals surface area contributed by atoms with Gasteiger partial charge in [0, 0.05) is 19.6 Å². The largest absolute Gasteiger partial charge is 0.459 e. The van der Waals surface area contributed by atoms with Gasteiger partial charge in [0.25, 0.3) is 5.91 Å². The summed E-state index contributed by atoms with van der Waals surface area (Å²) in [5.41, 5.74) is 0.289. The van der Waals surface area contributed by atoms with Gasteiger partial charge < -0.3 is 14.6 Å². The van der Waals surface area contributed by atoms with E-state index in [2.05, 4.69) is 59.6 Å². The minimum atomic E-state index is -0.241. The number of carbonyl (C=O) groups is 1. The summed E-state index contributed by atoms with van der Waals surface area (Å²) in [4.78, 5) is 14.5. The third kappa shape index (κ3) is 4.51. The number of rotatable bonds is 6. The van der Waals surface area contributed by atoms with E-state index in [1.54, 1.807) is 12.1 Å². The van der Waals surface area contributed by atoms with E-state index in [0.29, 0.717) is 24.1 Å². The summed E-state index contributed by atoms with van der Waals surface area (Å²) in [6, 6.07) is 3.35. The van der Waals surface area contributed by atoms with Crippen molar-refractivity contribution in [3.63, 3.8) is 0 Å². The van der Waals surface area contributed by atoms with Crippen LogP contribution in [0.25, 0.3) is 0 Å². The van der Waals surface area contributed by atoms with Crippen LogP contribution >= 0.6 is 0 Å². The summed E-state index contributed by atoms with van der Waals surface area (Å²) in [6.45, 7) is 14.4. The van der Waals surface area contributed by atoms with Crippen LogP contribution in [0, 0.1) is 17.3 Å². The van der Waals surface area contributed by atoms with E-state index in [1.807, 2.05) is 0 Å². The molecule has 27 heavy (non-hydrogen) atoms. The molecule has 1 aliphatic heterocycles. The average molecular weight is 374 g/mol. The third-order valence-corrected chi connectivity index (χ3v) is 5.20. The van der Waals surface area contributed by atoms with Crippen molar-refractivity contribution in [1.29, 1.82) is 0 Å². The minimum absolute atomic E-state index is 0.241. The lowest BCUT2D eigenvalue weighted by Crippen LogP contribution is -2.29. The van der Waals surface area contributed by atoms with E-state index in [9.17, 15) is 4.79 Å². The molecule has 0 bridgehead atoms.